The van der Waals surface area contributed by atoms with Crippen LogP contribution in [0.25, 0.3) is 0 Å². The van der Waals surface area contributed by atoms with Gasteiger partial charge >= 0.3 is 12.4 Å². The van der Waals surface area contributed by atoms with Crippen molar-refractivity contribution in [3.63, 3.8) is 0 Å². The summed E-state index contributed by atoms with van der Waals surface area (Å²) in [5.74, 6) is -0.756. The molecule has 0 spiro atoms. The Morgan fingerprint density at radius 3 is 2.52 bits per heavy atom. The summed E-state index contributed by atoms with van der Waals surface area (Å²) in [5.41, 5.74) is -1.36. The number of hydrogen-bond donors (Lipinski definition) is 1. The third kappa shape index (κ3) is 4.91. The first-order valence-electron chi connectivity index (χ1n) is 8.98. The van der Waals surface area contributed by atoms with Crippen LogP contribution in [0.1, 0.15) is 36.0 Å². The molecule has 1 N–H and O–H groups in total. The van der Waals surface area contributed by atoms with Crippen molar-refractivity contribution in [3.8, 4) is 0 Å². The highest BCUT2D eigenvalue weighted by Gasteiger charge is 2.40. The number of rotatable bonds is 6. The number of fused-ring (bicyclic) bond motifs is 1. The number of amides is 1. The van der Waals surface area contributed by atoms with Crippen molar-refractivity contribution in [3.05, 3.63) is 34.9 Å². The van der Waals surface area contributed by atoms with E-state index in [2.05, 4.69) is 15.5 Å². The van der Waals surface area contributed by atoms with Crippen LogP contribution < -0.4 is 5.32 Å². The molecule has 0 saturated heterocycles. The highest BCUT2D eigenvalue weighted by molar-refractivity contribution is 5.75. The average molecular weight is 423 g/mol. The zero-order valence-electron chi connectivity index (χ0n) is 15.4. The van der Waals surface area contributed by atoms with Gasteiger partial charge in [-0.25, -0.2) is 0 Å². The molecular formula is C17H19F6N5O. The molecule has 12 heteroatoms. The molecule has 3 rings (SSSR count). The topological polar surface area (TPSA) is 64.7 Å². The van der Waals surface area contributed by atoms with Gasteiger partial charge in [-0.2, -0.15) is 36.5 Å². The first-order valence-corrected chi connectivity index (χ1v) is 8.98. The van der Waals surface area contributed by atoms with Gasteiger partial charge in [0.05, 0.1) is 0 Å². The van der Waals surface area contributed by atoms with E-state index in [-0.39, 0.29) is 37.5 Å². The van der Waals surface area contributed by atoms with E-state index >= 15 is 0 Å². The third-order valence-corrected chi connectivity index (χ3v) is 4.65. The quantitative estimate of drug-likeness (QED) is 0.727. The summed E-state index contributed by atoms with van der Waals surface area (Å²) in [7, 11) is 0. The summed E-state index contributed by atoms with van der Waals surface area (Å²) in [4.78, 5) is 12.1. The molecule has 1 amide bonds. The van der Waals surface area contributed by atoms with E-state index in [1.54, 1.807) is 6.92 Å². The fourth-order valence-corrected chi connectivity index (χ4v) is 3.35. The van der Waals surface area contributed by atoms with Crippen molar-refractivity contribution in [2.75, 3.05) is 6.54 Å². The van der Waals surface area contributed by atoms with E-state index < -0.39 is 29.6 Å². The maximum atomic E-state index is 13.1. The maximum absolute atomic E-state index is 13.1. The number of aromatic nitrogens is 4. The SMILES string of the molecule is CC(CNC(=O)Cn1nc(C(F)(F)F)c2c1CCC2)Cn1ccc(C(F)(F)F)n1. The number of carbonyl (C=O) groups excluding carboxylic acids is 1. The minimum atomic E-state index is -4.57. The molecule has 0 fully saturated rings. The molecule has 2 aromatic rings. The number of carbonyl (C=O) groups is 1. The van der Waals surface area contributed by atoms with Crippen LogP contribution in [0.5, 0.6) is 0 Å². The summed E-state index contributed by atoms with van der Waals surface area (Å²) in [5, 5.41) is 9.60. The van der Waals surface area contributed by atoms with Crippen LogP contribution in [0.4, 0.5) is 26.3 Å². The van der Waals surface area contributed by atoms with Crippen molar-refractivity contribution in [1.29, 1.82) is 0 Å². The summed E-state index contributed by atoms with van der Waals surface area (Å²) in [6.07, 6.45) is -6.59. The fraction of sp³-hybridized carbons (Fsp3) is 0.588. The molecule has 29 heavy (non-hydrogen) atoms. The molecule has 1 aliphatic carbocycles. The number of alkyl halides is 6. The second kappa shape index (κ2) is 7.71. The molecule has 0 aliphatic heterocycles. The van der Waals surface area contributed by atoms with Crippen molar-refractivity contribution in [1.82, 2.24) is 24.9 Å². The molecular weight excluding hydrogens is 404 g/mol. The van der Waals surface area contributed by atoms with Crippen molar-refractivity contribution >= 4 is 5.91 Å². The second-order valence-corrected chi connectivity index (χ2v) is 7.11. The highest BCUT2D eigenvalue weighted by atomic mass is 19.4. The van der Waals surface area contributed by atoms with Crippen molar-refractivity contribution in [2.24, 2.45) is 5.92 Å². The summed E-state index contributed by atoms with van der Waals surface area (Å²) < 4.78 is 79.1. The van der Waals surface area contributed by atoms with Gasteiger partial charge in [0.25, 0.3) is 0 Å². The summed E-state index contributed by atoms with van der Waals surface area (Å²) in [6.45, 7) is 1.65. The zero-order chi connectivity index (χ0) is 21.4. The van der Waals surface area contributed by atoms with Gasteiger partial charge in [-0.1, -0.05) is 6.92 Å². The Hall–Kier alpha value is -2.53. The van der Waals surface area contributed by atoms with Gasteiger partial charge in [-0.3, -0.25) is 14.2 Å². The minimum Gasteiger partial charge on any atom is -0.354 e. The smallest absolute Gasteiger partial charge is 0.354 e. The lowest BCUT2D eigenvalue weighted by Crippen LogP contribution is -2.33. The third-order valence-electron chi connectivity index (χ3n) is 4.65. The van der Waals surface area contributed by atoms with Gasteiger partial charge in [0, 0.05) is 30.5 Å². The number of nitrogens with zero attached hydrogens (tertiary/aromatic N) is 4. The molecule has 0 bridgehead atoms. The van der Waals surface area contributed by atoms with Crippen LogP contribution in [0.2, 0.25) is 0 Å². The summed E-state index contributed by atoms with van der Waals surface area (Å²) in [6, 6.07) is 0.863. The monoisotopic (exact) mass is 423 g/mol. The van der Waals surface area contributed by atoms with Gasteiger partial charge in [0.15, 0.2) is 11.4 Å². The first kappa shape index (κ1) is 21.2. The molecule has 0 radical (unpaired) electrons. The minimum absolute atomic E-state index is 0.135. The molecule has 1 unspecified atom stereocenters. The standard InChI is InChI=1S/C17H19F6N5O/c1-10(8-27-6-5-13(25-27)16(18,19)20)7-24-14(29)9-28-12-4-2-3-11(12)15(26-28)17(21,22)23/h5-6,10H,2-4,7-9H2,1H3,(H,24,29). The second-order valence-electron chi connectivity index (χ2n) is 7.11. The van der Waals surface area contributed by atoms with Crippen LogP contribution in [0, 0.1) is 5.92 Å². The van der Waals surface area contributed by atoms with Crippen LogP contribution >= 0.6 is 0 Å². The van der Waals surface area contributed by atoms with Crippen LogP contribution in [0.3, 0.4) is 0 Å². The van der Waals surface area contributed by atoms with E-state index in [9.17, 15) is 31.1 Å². The van der Waals surface area contributed by atoms with E-state index in [0.717, 1.165) is 15.4 Å². The molecule has 2 aromatic heterocycles. The Morgan fingerprint density at radius 1 is 1.17 bits per heavy atom. The summed E-state index contributed by atoms with van der Waals surface area (Å²) >= 11 is 0. The van der Waals surface area contributed by atoms with Crippen LogP contribution in [-0.4, -0.2) is 32.0 Å². The maximum Gasteiger partial charge on any atom is 0.435 e. The fourth-order valence-electron chi connectivity index (χ4n) is 3.35. The molecule has 1 atom stereocenters. The zero-order valence-corrected chi connectivity index (χ0v) is 15.4. The highest BCUT2D eigenvalue weighted by Crippen LogP contribution is 2.36. The number of hydrogen-bond acceptors (Lipinski definition) is 3. The molecule has 1 aliphatic rings. The molecule has 6 nitrogen and oxygen atoms in total. The Kier molecular flexibility index (Phi) is 5.63. The lowest BCUT2D eigenvalue weighted by molar-refractivity contribution is -0.142. The van der Waals surface area contributed by atoms with Gasteiger partial charge < -0.3 is 5.32 Å². The molecule has 0 saturated carbocycles. The largest absolute Gasteiger partial charge is 0.435 e. The lowest BCUT2D eigenvalue weighted by Gasteiger charge is -2.13. The van der Waals surface area contributed by atoms with E-state index in [1.807, 2.05) is 0 Å². The number of halogens is 6. The van der Waals surface area contributed by atoms with Gasteiger partial charge in [0.2, 0.25) is 5.91 Å². The molecule has 2 heterocycles. The molecule has 0 aromatic carbocycles. The van der Waals surface area contributed by atoms with E-state index in [0.29, 0.717) is 18.5 Å². The first-order chi connectivity index (χ1) is 13.4. The Balaban J connectivity index is 1.55. The predicted octanol–water partition coefficient (Wildman–Crippen LogP) is 3.06. The normalized spacial score (nSPS) is 15.4. The van der Waals surface area contributed by atoms with Gasteiger partial charge in [-0.15, -0.1) is 0 Å². The Labute approximate surface area is 161 Å². The van der Waals surface area contributed by atoms with E-state index in [1.165, 1.54) is 6.20 Å². The van der Waals surface area contributed by atoms with Crippen molar-refractivity contribution in [2.45, 2.75) is 51.6 Å². The van der Waals surface area contributed by atoms with Gasteiger partial charge in [0.1, 0.15) is 6.54 Å². The van der Waals surface area contributed by atoms with Crippen LogP contribution in [-0.2, 0) is 43.1 Å². The van der Waals surface area contributed by atoms with E-state index in [4.69, 9.17) is 0 Å². The number of nitrogens with one attached hydrogen (secondary N) is 1. The van der Waals surface area contributed by atoms with Crippen LogP contribution in [0.15, 0.2) is 12.3 Å². The van der Waals surface area contributed by atoms with Gasteiger partial charge in [-0.05, 0) is 31.2 Å². The Morgan fingerprint density at radius 2 is 1.90 bits per heavy atom. The Bertz CT molecular complexity index is 882. The lowest BCUT2D eigenvalue weighted by atomic mass is 10.2. The van der Waals surface area contributed by atoms with Crippen molar-refractivity contribution < 1.29 is 31.1 Å². The predicted molar refractivity (Wildman–Crippen MR) is 88.7 cm³/mol. The molecule has 160 valence electrons. The average Bonchev–Trinajstić information content (AvgIpc) is 3.29.